The number of methoxy groups -OCH3 is 1. The van der Waals surface area contributed by atoms with E-state index in [2.05, 4.69) is 24.5 Å². The van der Waals surface area contributed by atoms with E-state index in [1.807, 2.05) is 0 Å². The Morgan fingerprint density at radius 2 is 2.18 bits per heavy atom. The molecule has 1 aliphatic carbocycles. The third-order valence-electron chi connectivity index (χ3n) is 3.31. The second-order valence-electron chi connectivity index (χ2n) is 5.28. The van der Waals surface area contributed by atoms with Crippen molar-refractivity contribution in [1.82, 2.24) is 10.6 Å². The molecule has 0 aliphatic heterocycles. The molecule has 2 N–H and O–H groups in total. The summed E-state index contributed by atoms with van der Waals surface area (Å²) in [4.78, 5) is 11.5. The average Bonchev–Trinajstić information content (AvgIpc) is 2.73. The molecule has 1 amide bonds. The molecule has 0 spiro atoms. The number of carbonyl (C=O) groups is 1. The normalized spacial score (nSPS) is 24.2. The van der Waals surface area contributed by atoms with Crippen LogP contribution in [0.25, 0.3) is 0 Å². The zero-order chi connectivity index (χ0) is 12.7. The lowest BCUT2D eigenvalue weighted by molar-refractivity contribution is -0.120. The van der Waals surface area contributed by atoms with Gasteiger partial charge in [0.1, 0.15) is 0 Å². The highest BCUT2D eigenvalue weighted by atomic mass is 16.5. The van der Waals surface area contributed by atoms with Crippen molar-refractivity contribution < 1.29 is 9.53 Å². The van der Waals surface area contributed by atoms with E-state index in [1.165, 1.54) is 0 Å². The molecule has 0 radical (unpaired) electrons. The molecule has 1 saturated carbocycles. The molecule has 4 nitrogen and oxygen atoms in total. The van der Waals surface area contributed by atoms with E-state index in [4.69, 9.17) is 4.74 Å². The Morgan fingerprint density at radius 3 is 2.76 bits per heavy atom. The van der Waals surface area contributed by atoms with E-state index in [9.17, 15) is 4.79 Å². The molecule has 0 bridgehead atoms. The van der Waals surface area contributed by atoms with Crippen LogP contribution in [0.15, 0.2) is 0 Å². The van der Waals surface area contributed by atoms with E-state index >= 15 is 0 Å². The summed E-state index contributed by atoms with van der Waals surface area (Å²) in [5.41, 5.74) is 0. The van der Waals surface area contributed by atoms with Crippen LogP contribution in [-0.2, 0) is 9.53 Å². The van der Waals surface area contributed by atoms with Crippen LogP contribution < -0.4 is 10.6 Å². The van der Waals surface area contributed by atoms with Crippen molar-refractivity contribution in [3.63, 3.8) is 0 Å². The fourth-order valence-electron chi connectivity index (χ4n) is 2.14. The van der Waals surface area contributed by atoms with Crippen molar-refractivity contribution in [1.29, 1.82) is 0 Å². The third-order valence-corrected chi connectivity index (χ3v) is 3.31. The van der Waals surface area contributed by atoms with Gasteiger partial charge in [0.2, 0.25) is 5.91 Å². The average molecular weight is 242 g/mol. The van der Waals surface area contributed by atoms with Crippen molar-refractivity contribution in [2.75, 3.05) is 20.2 Å². The first-order valence-electron chi connectivity index (χ1n) is 6.64. The summed E-state index contributed by atoms with van der Waals surface area (Å²) < 4.78 is 5.30. The molecule has 0 saturated heterocycles. The molecule has 0 heterocycles. The maximum absolute atomic E-state index is 11.5. The first-order chi connectivity index (χ1) is 8.11. The highest BCUT2D eigenvalue weighted by Crippen LogP contribution is 2.20. The third kappa shape index (κ3) is 6.03. The molecule has 17 heavy (non-hydrogen) atoms. The van der Waals surface area contributed by atoms with Gasteiger partial charge in [-0.05, 0) is 31.6 Å². The highest BCUT2D eigenvalue weighted by Gasteiger charge is 2.24. The lowest BCUT2D eigenvalue weighted by atomic mass is 10.1. The Balaban J connectivity index is 2.04. The predicted octanol–water partition coefficient (Wildman–Crippen LogP) is 1.31. The molecule has 1 aliphatic rings. The number of nitrogens with one attached hydrogen (secondary N) is 2. The van der Waals surface area contributed by atoms with Gasteiger partial charge in [0.15, 0.2) is 0 Å². The highest BCUT2D eigenvalue weighted by molar-refractivity contribution is 5.77. The van der Waals surface area contributed by atoms with Crippen LogP contribution in [0.2, 0.25) is 0 Å². The van der Waals surface area contributed by atoms with Gasteiger partial charge in [-0.3, -0.25) is 4.79 Å². The second-order valence-corrected chi connectivity index (χ2v) is 5.28. The predicted molar refractivity (Wildman–Crippen MR) is 68.9 cm³/mol. The van der Waals surface area contributed by atoms with Crippen LogP contribution in [0, 0.1) is 5.92 Å². The summed E-state index contributed by atoms with van der Waals surface area (Å²) in [6.07, 6.45) is 4.65. The van der Waals surface area contributed by atoms with Crippen molar-refractivity contribution in [3.05, 3.63) is 0 Å². The lowest BCUT2D eigenvalue weighted by Crippen LogP contribution is -2.39. The molecular formula is C13H26N2O2. The summed E-state index contributed by atoms with van der Waals surface area (Å²) >= 11 is 0. The molecule has 0 aromatic rings. The minimum absolute atomic E-state index is 0.103. The minimum atomic E-state index is 0.103. The van der Waals surface area contributed by atoms with Crippen molar-refractivity contribution in [3.8, 4) is 0 Å². The number of carbonyl (C=O) groups excluding carboxylic acids is 1. The number of hydrogen-bond acceptors (Lipinski definition) is 3. The molecular weight excluding hydrogens is 216 g/mol. The van der Waals surface area contributed by atoms with Gasteiger partial charge in [0, 0.05) is 19.7 Å². The van der Waals surface area contributed by atoms with Crippen LogP contribution in [0.3, 0.4) is 0 Å². The smallest absolute Gasteiger partial charge is 0.233 e. The Hall–Kier alpha value is -0.610. The maximum Gasteiger partial charge on any atom is 0.233 e. The standard InChI is InChI=1S/C13H26N2O2/c1-10(2)6-7-14-13(16)9-15-11-4-5-12(8-11)17-3/h10-12,15H,4-9H2,1-3H3,(H,14,16). The molecule has 2 unspecified atom stereocenters. The largest absolute Gasteiger partial charge is 0.381 e. The fourth-order valence-corrected chi connectivity index (χ4v) is 2.14. The summed E-state index contributed by atoms with van der Waals surface area (Å²) in [5, 5.41) is 6.22. The van der Waals surface area contributed by atoms with Crippen molar-refractivity contribution in [2.24, 2.45) is 5.92 Å². The van der Waals surface area contributed by atoms with E-state index < -0.39 is 0 Å². The summed E-state index contributed by atoms with van der Waals surface area (Å²) in [6, 6.07) is 0.441. The van der Waals surface area contributed by atoms with Gasteiger partial charge in [-0.1, -0.05) is 13.8 Å². The van der Waals surface area contributed by atoms with Gasteiger partial charge in [-0.2, -0.15) is 0 Å². The molecule has 1 rings (SSSR count). The number of amides is 1. The first-order valence-corrected chi connectivity index (χ1v) is 6.64. The Morgan fingerprint density at radius 1 is 1.41 bits per heavy atom. The van der Waals surface area contributed by atoms with Gasteiger partial charge < -0.3 is 15.4 Å². The molecule has 0 aromatic carbocycles. The Labute approximate surface area is 104 Å². The number of rotatable bonds is 7. The molecule has 0 aromatic heterocycles. The van der Waals surface area contributed by atoms with Crippen molar-refractivity contribution in [2.45, 2.75) is 51.7 Å². The number of hydrogen-bond donors (Lipinski definition) is 2. The molecule has 4 heteroatoms. The molecule has 100 valence electrons. The monoisotopic (exact) mass is 242 g/mol. The zero-order valence-corrected chi connectivity index (χ0v) is 11.3. The SMILES string of the molecule is COC1CCC(NCC(=O)NCCC(C)C)C1. The Kier molecular flexibility index (Phi) is 6.52. The van der Waals surface area contributed by atoms with Crippen LogP contribution in [0.5, 0.6) is 0 Å². The second kappa shape index (κ2) is 7.67. The maximum atomic E-state index is 11.5. The summed E-state index contributed by atoms with van der Waals surface area (Å²) in [6.45, 7) is 5.53. The topological polar surface area (TPSA) is 50.4 Å². The summed E-state index contributed by atoms with van der Waals surface area (Å²) in [5.74, 6) is 0.743. The van der Waals surface area contributed by atoms with Gasteiger partial charge >= 0.3 is 0 Å². The zero-order valence-electron chi connectivity index (χ0n) is 11.3. The van der Waals surface area contributed by atoms with Gasteiger partial charge in [0.05, 0.1) is 12.6 Å². The minimum Gasteiger partial charge on any atom is -0.381 e. The van der Waals surface area contributed by atoms with Crippen LogP contribution >= 0.6 is 0 Å². The van der Waals surface area contributed by atoms with Gasteiger partial charge in [0.25, 0.3) is 0 Å². The van der Waals surface area contributed by atoms with Crippen LogP contribution in [0.1, 0.15) is 39.5 Å². The Bertz CT molecular complexity index is 231. The van der Waals surface area contributed by atoms with E-state index in [0.717, 1.165) is 32.2 Å². The number of ether oxygens (including phenoxy) is 1. The van der Waals surface area contributed by atoms with Gasteiger partial charge in [-0.15, -0.1) is 0 Å². The van der Waals surface area contributed by atoms with Crippen LogP contribution in [-0.4, -0.2) is 38.3 Å². The summed E-state index contributed by atoms with van der Waals surface area (Å²) in [7, 11) is 1.76. The molecule has 1 fully saturated rings. The van der Waals surface area contributed by atoms with E-state index in [1.54, 1.807) is 7.11 Å². The van der Waals surface area contributed by atoms with E-state index in [-0.39, 0.29) is 5.91 Å². The van der Waals surface area contributed by atoms with Crippen LogP contribution in [0.4, 0.5) is 0 Å². The van der Waals surface area contributed by atoms with E-state index in [0.29, 0.717) is 24.6 Å². The van der Waals surface area contributed by atoms with Crippen molar-refractivity contribution >= 4 is 5.91 Å². The van der Waals surface area contributed by atoms with Gasteiger partial charge in [-0.25, -0.2) is 0 Å². The quantitative estimate of drug-likeness (QED) is 0.707. The lowest BCUT2D eigenvalue weighted by Gasteiger charge is -2.13. The molecule has 2 atom stereocenters. The first kappa shape index (κ1) is 14.5. The fraction of sp³-hybridized carbons (Fsp3) is 0.923.